The first-order valence-electron chi connectivity index (χ1n) is 6.98. The molecule has 2 heterocycles. The third-order valence-corrected chi connectivity index (χ3v) is 4.96. The summed E-state index contributed by atoms with van der Waals surface area (Å²) in [5, 5.41) is 2.13. The lowest BCUT2D eigenvalue weighted by atomic mass is 9.85. The highest BCUT2D eigenvalue weighted by Crippen LogP contribution is 2.36. The quantitative estimate of drug-likeness (QED) is 0.905. The van der Waals surface area contributed by atoms with Crippen LogP contribution in [0.15, 0.2) is 11.4 Å². The maximum atomic E-state index is 12.7. The Morgan fingerprint density at radius 1 is 1.58 bits per heavy atom. The minimum absolute atomic E-state index is 0.0937. The van der Waals surface area contributed by atoms with E-state index in [-0.39, 0.29) is 17.4 Å². The highest BCUT2D eigenvalue weighted by atomic mass is 32.1. The zero-order valence-corrected chi connectivity index (χ0v) is 13.1. The van der Waals surface area contributed by atoms with Crippen LogP contribution in [0.2, 0.25) is 0 Å². The van der Waals surface area contributed by atoms with E-state index in [9.17, 15) is 4.79 Å². The van der Waals surface area contributed by atoms with Crippen molar-refractivity contribution in [2.45, 2.75) is 52.6 Å². The second kappa shape index (κ2) is 5.25. The number of hydrogen-bond donors (Lipinski definition) is 1. The SMILES string of the molecule is CCC1c2ccsc2CCN1C(=O)[C@H](N)C(C)(C)C. The fraction of sp³-hybridized carbons (Fsp3) is 0.667. The van der Waals surface area contributed by atoms with Gasteiger partial charge >= 0.3 is 0 Å². The van der Waals surface area contributed by atoms with Crippen molar-refractivity contribution in [3.8, 4) is 0 Å². The number of nitrogens with zero attached hydrogens (tertiary/aromatic N) is 1. The molecule has 19 heavy (non-hydrogen) atoms. The molecule has 3 nitrogen and oxygen atoms in total. The summed E-state index contributed by atoms with van der Waals surface area (Å²) in [7, 11) is 0. The largest absolute Gasteiger partial charge is 0.334 e. The average molecular weight is 280 g/mol. The van der Waals surface area contributed by atoms with Gasteiger partial charge in [-0.05, 0) is 35.3 Å². The second-order valence-corrected chi connectivity index (χ2v) is 7.35. The number of nitrogens with two attached hydrogens (primary N) is 1. The molecule has 2 N–H and O–H groups in total. The lowest BCUT2D eigenvalue weighted by molar-refractivity contribution is -0.138. The monoisotopic (exact) mass is 280 g/mol. The van der Waals surface area contributed by atoms with E-state index >= 15 is 0 Å². The number of rotatable bonds is 2. The number of amides is 1. The minimum atomic E-state index is -0.429. The van der Waals surface area contributed by atoms with Gasteiger partial charge in [0.05, 0.1) is 12.1 Å². The molecule has 106 valence electrons. The van der Waals surface area contributed by atoms with Crippen molar-refractivity contribution >= 4 is 17.2 Å². The van der Waals surface area contributed by atoms with Crippen LogP contribution in [0.5, 0.6) is 0 Å². The molecule has 0 bridgehead atoms. The summed E-state index contributed by atoms with van der Waals surface area (Å²) in [4.78, 5) is 16.1. The van der Waals surface area contributed by atoms with Crippen LogP contribution in [0.4, 0.5) is 0 Å². The number of hydrogen-bond acceptors (Lipinski definition) is 3. The van der Waals surface area contributed by atoms with E-state index in [1.165, 1.54) is 10.4 Å². The molecule has 1 unspecified atom stereocenters. The Labute approximate surface area is 119 Å². The Bertz CT molecular complexity index is 461. The normalized spacial score (nSPS) is 21.1. The number of carbonyl (C=O) groups excluding carboxylic acids is 1. The maximum Gasteiger partial charge on any atom is 0.240 e. The van der Waals surface area contributed by atoms with Crippen molar-refractivity contribution < 1.29 is 4.79 Å². The van der Waals surface area contributed by atoms with Crippen molar-refractivity contribution in [3.05, 3.63) is 21.9 Å². The topological polar surface area (TPSA) is 46.3 Å². The summed E-state index contributed by atoms with van der Waals surface area (Å²) < 4.78 is 0. The van der Waals surface area contributed by atoms with E-state index in [0.29, 0.717) is 0 Å². The first-order valence-corrected chi connectivity index (χ1v) is 7.86. The summed E-state index contributed by atoms with van der Waals surface area (Å²) in [6, 6.07) is 1.94. The average Bonchev–Trinajstić information content (AvgIpc) is 2.82. The Kier molecular flexibility index (Phi) is 4.02. The van der Waals surface area contributed by atoms with Crippen LogP contribution in [0, 0.1) is 5.41 Å². The van der Waals surface area contributed by atoms with Gasteiger partial charge in [0.25, 0.3) is 0 Å². The van der Waals surface area contributed by atoms with E-state index in [1.54, 1.807) is 11.3 Å². The summed E-state index contributed by atoms with van der Waals surface area (Å²) in [5.41, 5.74) is 7.29. The van der Waals surface area contributed by atoms with Gasteiger partial charge < -0.3 is 10.6 Å². The van der Waals surface area contributed by atoms with E-state index in [4.69, 9.17) is 5.73 Å². The van der Waals surface area contributed by atoms with Gasteiger partial charge in [0.2, 0.25) is 5.91 Å². The first kappa shape index (κ1) is 14.5. The highest BCUT2D eigenvalue weighted by Gasteiger charge is 2.36. The van der Waals surface area contributed by atoms with Gasteiger partial charge in [0.1, 0.15) is 0 Å². The van der Waals surface area contributed by atoms with E-state index < -0.39 is 6.04 Å². The molecule has 1 amide bonds. The van der Waals surface area contributed by atoms with Gasteiger partial charge in [-0.1, -0.05) is 27.7 Å². The van der Waals surface area contributed by atoms with Crippen LogP contribution in [0.1, 0.15) is 50.6 Å². The van der Waals surface area contributed by atoms with Crippen LogP contribution in [0.25, 0.3) is 0 Å². The molecule has 4 heteroatoms. The van der Waals surface area contributed by atoms with Crippen LogP contribution < -0.4 is 5.73 Å². The number of thiophene rings is 1. The molecule has 2 atom stereocenters. The fourth-order valence-corrected chi connectivity index (χ4v) is 3.58. The molecular weight excluding hydrogens is 256 g/mol. The molecule has 1 aromatic rings. The molecule has 1 aromatic heterocycles. The second-order valence-electron chi connectivity index (χ2n) is 6.35. The molecule has 0 aliphatic carbocycles. The van der Waals surface area contributed by atoms with Crippen LogP contribution in [-0.4, -0.2) is 23.4 Å². The summed E-state index contributed by atoms with van der Waals surface area (Å²) in [5.74, 6) is 0.0937. The van der Waals surface area contributed by atoms with Gasteiger partial charge in [0.15, 0.2) is 0 Å². The van der Waals surface area contributed by atoms with Gasteiger partial charge in [-0.15, -0.1) is 11.3 Å². The molecule has 0 aromatic carbocycles. The van der Waals surface area contributed by atoms with Crippen LogP contribution in [0.3, 0.4) is 0 Å². The summed E-state index contributed by atoms with van der Waals surface area (Å²) in [6.07, 6.45) is 1.92. The van der Waals surface area contributed by atoms with Crippen molar-refractivity contribution in [2.75, 3.05) is 6.54 Å². The maximum absolute atomic E-state index is 12.7. The van der Waals surface area contributed by atoms with E-state index in [1.807, 2.05) is 25.7 Å². The fourth-order valence-electron chi connectivity index (χ4n) is 2.65. The Balaban J connectivity index is 2.24. The molecule has 0 saturated carbocycles. The molecule has 2 rings (SSSR count). The standard InChI is InChI=1S/C15H24N2OS/c1-5-11-10-7-9-19-12(10)6-8-17(11)14(18)13(16)15(2,3)4/h7,9,11,13H,5-6,8,16H2,1-4H3/t11?,13-/m0/s1. The Hall–Kier alpha value is -0.870. The highest BCUT2D eigenvalue weighted by molar-refractivity contribution is 7.10. The van der Waals surface area contributed by atoms with Crippen molar-refractivity contribution in [1.29, 1.82) is 0 Å². The van der Waals surface area contributed by atoms with Crippen LogP contribution in [-0.2, 0) is 11.2 Å². The Morgan fingerprint density at radius 2 is 2.26 bits per heavy atom. The summed E-state index contributed by atoms with van der Waals surface area (Å²) >= 11 is 1.80. The third-order valence-electron chi connectivity index (χ3n) is 3.96. The van der Waals surface area contributed by atoms with Gasteiger partial charge in [-0.25, -0.2) is 0 Å². The van der Waals surface area contributed by atoms with Gasteiger partial charge in [-0.2, -0.15) is 0 Å². The number of fused-ring (bicyclic) bond motifs is 1. The predicted octanol–water partition coefficient (Wildman–Crippen LogP) is 2.96. The van der Waals surface area contributed by atoms with E-state index in [2.05, 4.69) is 18.4 Å². The van der Waals surface area contributed by atoms with Gasteiger partial charge in [0, 0.05) is 11.4 Å². The molecule has 1 aliphatic rings. The lowest BCUT2D eigenvalue weighted by Crippen LogP contribution is -2.52. The summed E-state index contributed by atoms with van der Waals surface area (Å²) in [6.45, 7) is 9.01. The molecule has 0 spiro atoms. The van der Waals surface area contributed by atoms with Crippen molar-refractivity contribution in [3.63, 3.8) is 0 Å². The zero-order chi connectivity index (χ0) is 14.2. The molecule has 1 aliphatic heterocycles. The first-order chi connectivity index (χ1) is 8.86. The molecule has 0 radical (unpaired) electrons. The lowest BCUT2D eigenvalue weighted by Gasteiger charge is -2.39. The number of carbonyl (C=O) groups is 1. The van der Waals surface area contributed by atoms with Crippen LogP contribution >= 0.6 is 11.3 Å². The predicted molar refractivity (Wildman–Crippen MR) is 80.2 cm³/mol. The minimum Gasteiger partial charge on any atom is -0.334 e. The van der Waals surface area contributed by atoms with E-state index in [0.717, 1.165) is 19.4 Å². The zero-order valence-electron chi connectivity index (χ0n) is 12.3. The molecule has 0 fully saturated rings. The molecular formula is C15H24N2OS. The van der Waals surface area contributed by atoms with Crippen molar-refractivity contribution in [2.24, 2.45) is 11.1 Å². The van der Waals surface area contributed by atoms with Gasteiger partial charge in [-0.3, -0.25) is 4.79 Å². The Morgan fingerprint density at radius 3 is 2.84 bits per heavy atom. The third kappa shape index (κ3) is 2.70. The molecule has 0 saturated heterocycles. The smallest absolute Gasteiger partial charge is 0.240 e. The van der Waals surface area contributed by atoms with Crippen molar-refractivity contribution in [1.82, 2.24) is 4.90 Å².